The molecule has 1 aromatic rings. The fourth-order valence-electron chi connectivity index (χ4n) is 2.12. The number of carbonyl (C=O) groups excluding carboxylic acids is 1. The minimum atomic E-state index is -0.134. The molecule has 2 rings (SSSR count). The third-order valence-electron chi connectivity index (χ3n) is 3.23. The summed E-state index contributed by atoms with van der Waals surface area (Å²) in [5.74, 6) is 1.54. The van der Waals surface area contributed by atoms with Crippen LogP contribution in [0.3, 0.4) is 0 Å². The van der Waals surface area contributed by atoms with Crippen LogP contribution in [0.4, 0.5) is 0 Å². The highest BCUT2D eigenvalue weighted by molar-refractivity contribution is 7.99. The Bertz CT molecular complexity index is 434. The molecule has 0 radical (unpaired) electrons. The first-order chi connectivity index (χ1) is 9.22. The molecule has 5 nitrogen and oxygen atoms in total. The van der Waals surface area contributed by atoms with Crippen molar-refractivity contribution >= 4 is 17.7 Å². The molecule has 1 aromatic heterocycles. The number of carbonyl (C=O) groups is 1. The standard InChI is InChI=1S/C13H21N3O2S/c1-3-18-12(17)10(2)9-19-13-15-14-11-7-5-4-6-8-16(11)13/h10H,3-9H2,1-2H3. The largest absolute Gasteiger partial charge is 0.466 e. The zero-order chi connectivity index (χ0) is 13.7. The van der Waals surface area contributed by atoms with E-state index >= 15 is 0 Å². The minimum absolute atomic E-state index is 0.108. The normalized spacial score (nSPS) is 16.5. The van der Waals surface area contributed by atoms with Gasteiger partial charge < -0.3 is 9.30 Å². The summed E-state index contributed by atoms with van der Waals surface area (Å²) in [6.07, 6.45) is 4.65. The lowest BCUT2D eigenvalue weighted by Crippen LogP contribution is -2.17. The molecular weight excluding hydrogens is 262 g/mol. The second-order valence-electron chi connectivity index (χ2n) is 4.83. The molecule has 2 heterocycles. The van der Waals surface area contributed by atoms with Gasteiger partial charge in [-0.3, -0.25) is 4.79 Å². The average molecular weight is 283 g/mol. The summed E-state index contributed by atoms with van der Waals surface area (Å²) >= 11 is 1.60. The number of nitrogens with zero attached hydrogens (tertiary/aromatic N) is 3. The van der Waals surface area contributed by atoms with E-state index < -0.39 is 0 Å². The van der Waals surface area contributed by atoms with Crippen molar-refractivity contribution in [2.45, 2.75) is 51.2 Å². The molecule has 0 fully saturated rings. The number of hydrogen-bond donors (Lipinski definition) is 0. The van der Waals surface area contributed by atoms with Crippen LogP contribution in [0.25, 0.3) is 0 Å². The van der Waals surface area contributed by atoms with E-state index in [-0.39, 0.29) is 11.9 Å². The van der Waals surface area contributed by atoms with E-state index in [0.29, 0.717) is 12.4 Å². The number of aromatic nitrogens is 3. The summed E-state index contributed by atoms with van der Waals surface area (Å²) in [6, 6.07) is 0. The van der Waals surface area contributed by atoms with Gasteiger partial charge in [0.15, 0.2) is 5.16 Å². The van der Waals surface area contributed by atoms with E-state index in [0.717, 1.165) is 23.9 Å². The Morgan fingerprint density at radius 2 is 2.26 bits per heavy atom. The molecule has 1 aliphatic heterocycles. The maximum Gasteiger partial charge on any atom is 0.309 e. The smallest absolute Gasteiger partial charge is 0.309 e. The Balaban J connectivity index is 1.93. The van der Waals surface area contributed by atoms with Crippen LogP contribution in [0.2, 0.25) is 0 Å². The number of aryl methyl sites for hydroxylation is 1. The van der Waals surface area contributed by atoms with Crippen LogP contribution in [0, 0.1) is 5.92 Å². The van der Waals surface area contributed by atoms with Crippen LogP contribution in [0.1, 0.15) is 38.9 Å². The Kier molecular flexibility index (Phi) is 5.24. The number of hydrogen-bond acceptors (Lipinski definition) is 5. The second-order valence-corrected chi connectivity index (χ2v) is 5.81. The van der Waals surface area contributed by atoms with E-state index in [2.05, 4.69) is 14.8 Å². The third-order valence-corrected chi connectivity index (χ3v) is 4.45. The molecule has 1 atom stereocenters. The van der Waals surface area contributed by atoms with E-state index in [4.69, 9.17) is 4.74 Å². The monoisotopic (exact) mass is 283 g/mol. The van der Waals surface area contributed by atoms with Crippen molar-refractivity contribution in [3.63, 3.8) is 0 Å². The van der Waals surface area contributed by atoms with Crippen LogP contribution in [-0.2, 0) is 22.5 Å². The van der Waals surface area contributed by atoms with Gasteiger partial charge in [0.2, 0.25) is 0 Å². The summed E-state index contributed by atoms with van der Waals surface area (Å²) in [7, 11) is 0. The van der Waals surface area contributed by atoms with Gasteiger partial charge in [-0.2, -0.15) is 0 Å². The summed E-state index contributed by atoms with van der Waals surface area (Å²) in [5.41, 5.74) is 0. The van der Waals surface area contributed by atoms with Gasteiger partial charge in [0.1, 0.15) is 5.82 Å². The first-order valence-electron chi connectivity index (χ1n) is 6.94. The molecule has 0 spiro atoms. The number of fused-ring (bicyclic) bond motifs is 1. The molecule has 6 heteroatoms. The van der Waals surface area contributed by atoms with Crippen molar-refractivity contribution in [3.05, 3.63) is 5.82 Å². The molecule has 0 saturated carbocycles. The predicted molar refractivity (Wildman–Crippen MR) is 74.1 cm³/mol. The molecule has 1 unspecified atom stereocenters. The Morgan fingerprint density at radius 3 is 3.05 bits per heavy atom. The molecule has 0 aliphatic carbocycles. The summed E-state index contributed by atoms with van der Waals surface area (Å²) < 4.78 is 7.22. The highest BCUT2D eigenvalue weighted by atomic mass is 32.2. The second kappa shape index (κ2) is 6.93. The first kappa shape index (κ1) is 14.4. The molecular formula is C13H21N3O2S. The Labute approximate surface area is 118 Å². The summed E-state index contributed by atoms with van der Waals surface area (Å²) in [6.45, 7) is 5.16. The van der Waals surface area contributed by atoms with Crippen LogP contribution < -0.4 is 0 Å². The van der Waals surface area contributed by atoms with Crippen molar-refractivity contribution < 1.29 is 9.53 Å². The number of rotatable bonds is 5. The zero-order valence-corrected chi connectivity index (χ0v) is 12.4. The number of esters is 1. The first-order valence-corrected chi connectivity index (χ1v) is 7.92. The molecule has 0 N–H and O–H groups in total. The Hall–Kier alpha value is -1.04. The maximum atomic E-state index is 11.6. The lowest BCUT2D eigenvalue weighted by Gasteiger charge is -2.10. The van der Waals surface area contributed by atoms with Gasteiger partial charge in [0.25, 0.3) is 0 Å². The van der Waals surface area contributed by atoms with Gasteiger partial charge in [-0.15, -0.1) is 10.2 Å². The summed E-state index contributed by atoms with van der Waals surface area (Å²) in [5, 5.41) is 9.43. The fourth-order valence-corrected chi connectivity index (χ4v) is 3.10. The van der Waals surface area contributed by atoms with Gasteiger partial charge in [-0.1, -0.05) is 25.1 Å². The molecule has 0 aromatic carbocycles. The molecule has 19 heavy (non-hydrogen) atoms. The van der Waals surface area contributed by atoms with Gasteiger partial charge in [-0.05, 0) is 19.8 Å². The van der Waals surface area contributed by atoms with Crippen molar-refractivity contribution in [2.24, 2.45) is 5.92 Å². The van der Waals surface area contributed by atoms with Gasteiger partial charge in [-0.25, -0.2) is 0 Å². The number of thioether (sulfide) groups is 1. The van der Waals surface area contributed by atoms with Crippen LogP contribution >= 0.6 is 11.8 Å². The SMILES string of the molecule is CCOC(=O)C(C)CSc1nnc2n1CCCCC2. The van der Waals surface area contributed by atoms with Crippen molar-refractivity contribution in [1.29, 1.82) is 0 Å². The van der Waals surface area contributed by atoms with E-state index in [9.17, 15) is 4.79 Å². The molecule has 0 saturated heterocycles. The molecule has 106 valence electrons. The van der Waals surface area contributed by atoms with E-state index in [1.807, 2.05) is 13.8 Å². The quantitative estimate of drug-likeness (QED) is 0.613. The van der Waals surface area contributed by atoms with Gasteiger partial charge >= 0.3 is 5.97 Å². The topological polar surface area (TPSA) is 57.0 Å². The minimum Gasteiger partial charge on any atom is -0.466 e. The lowest BCUT2D eigenvalue weighted by atomic mass is 10.2. The zero-order valence-electron chi connectivity index (χ0n) is 11.6. The predicted octanol–water partition coefficient (Wildman–Crippen LogP) is 2.30. The van der Waals surface area contributed by atoms with Gasteiger partial charge in [0, 0.05) is 18.7 Å². The van der Waals surface area contributed by atoms with Crippen molar-refractivity contribution in [1.82, 2.24) is 14.8 Å². The van der Waals surface area contributed by atoms with Gasteiger partial charge in [0.05, 0.1) is 12.5 Å². The third kappa shape index (κ3) is 3.72. The van der Waals surface area contributed by atoms with Crippen molar-refractivity contribution in [2.75, 3.05) is 12.4 Å². The molecule has 1 aliphatic rings. The lowest BCUT2D eigenvalue weighted by molar-refractivity contribution is -0.146. The highest BCUT2D eigenvalue weighted by Crippen LogP contribution is 2.23. The summed E-state index contributed by atoms with van der Waals surface area (Å²) in [4.78, 5) is 11.6. The fraction of sp³-hybridized carbons (Fsp3) is 0.769. The number of ether oxygens (including phenoxy) is 1. The van der Waals surface area contributed by atoms with Crippen LogP contribution in [0.5, 0.6) is 0 Å². The molecule has 0 amide bonds. The van der Waals surface area contributed by atoms with Crippen LogP contribution in [-0.4, -0.2) is 33.1 Å². The maximum absolute atomic E-state index is 11.6. The molecule has 0 bridgehead atoms. The highest BCUT2D eigenvalue weighted by Gasteiger charge is 2.18. The van der Waals surface area contributed by atoms with E-state index in [1.165, 1.54) is 19.3 Å². The van der Waals surface area contributed by atoms with Crippen LogP contribution in [0.15, 0.2) is 5.16 Å². The van der Waals surface area contributed by atoms with Crippen molar-refractivity contribution in [3.8, 4) is 0 Å². The average Bonchev–Trinajstić information content (AvgIpc) is 2.64. The van der Waals surface area contributed by atoms with E-state index in [1.54, 1.807) is 11.8 Å². The Morgan fingerprint density at radius 1 is 1.42 bits per heavy atom.